The van der Waals surface area contributed by atoms with Crippen LogP contribution in [0, 0.1) is 11.2 Å². The highest BCUT2D eigenvalue weighted by Gasteiger charge is 2.26. The lowest BCUT2D eigenvalue weighted by Gasteiger charge is -2.21. The van der Waals surface area contributed by atoms with Gasteiger partial charge in [0, 0.05) is 42.2 Å². The topological polar surface area (TPSA) is 168 Å². The van der Waals surface area contributed by atoms with Crippen molar-refractivity contribution in [2.45, 2.75) is 25.8 Å². The van der Waals surface area contributed by atoms with Gasteiger partial charge in [-0.3, -0.25) is 10.4 Å². The number of benzene rings is 2. The van der Waals surface area contributed by atoms with E-state index in [9.17, 15) is 4.79 Å². The number of H-pyrrole nitrogens is 1. The molecule has 192 valence electrons. The average Bonchev–Trinajstić information content (AvgIpc) is 3.30. The number of rotatable bonds is 11. The molecule has 4 rings (SSSR count). The number of halogens is 1. The van der Waals surface area contributed by atoms with Gasteiger partial charge in [0.25, 0.3) is 5.95 Å². The lowest BCUT2D eigenvalue weighted by atomic mass is 10.00. The standard InChI is InChI=1S/C25H27FN8O3/c1-2-15-13-18(20(26)19(14-15)37-12-4-11-35)21(31-17-7-5-16(6-8-17)22(27)28)23-32-25(36)34(33-23)24-29-9-3-10-30-24/h3,5-10,13-14,21,31,35H,2,4,11-12H2,1H3,(H3,27,28)(H,32,33,36). The van der Waals surface area contributed by atoms with Crippen LogP contribution in [0.3, 0.4) is 0 Å². The molecular weight excluding hydrogens is 479 g/mol. The van der Waals surface area contributed by atoms with Crippen LogP contribution < -0.4 is 21.5 Å². The van der Waals surface area contributed by atoms with Crippen molar-refractivity contribution in [2.24, 2.45) is 5.73 Å². The van der Waals surface area contributed by atoms with E-state index in [0.29, 0.717) is 24.1 Å². The molecule has 2 heterocycles. The van der Waals surface area contributed by atoms with Gasteiger partial charge in [-0.2, -0.15) is 0 Å². The van der Waals surface area contributed by atoms with Crippen molar-refractivity contribution >= 4 is 11.5 Å². The molecule has 0 amide bonds. The van der Waals surface area contributed by atoms with Gasteiger partial charge >= 0.3 is 5.69 Å². The van der Waals surface area contributed by atoms with Gasteiger partial charge in [-0.05, 0) is 48.4 Å². The summed E-state index contributed by atoms with van der Waals surface area (Å²) in [5, 5.41) is 24.3. The minimum Gasteiger partial charge on any atom is -0.490 e. The van der Waals surface area contributed by atoms with Crippen molar-refractivity contribution in [3.8, 4) is 11.7 Å². The molecule has 0 saturated heterocycles. The van der Waals surface area contributed by atoms with Crippen molar-refractivity contribution in [2.75, 3.05) is 18.5 Å². The van der Waals surface area contributed by atoms with Crippen LogP contribution in [0.25, 0.3) is 5.95 Å². The molecule has 6 N–H and O–H groups in total. The smallest absolute Gasteiger partial charge is 0.350 e. The number of ether oxygens (including phenoxy) is 1. The van der Waals surface area contributed by atoms with Crippen LogP contribution in [0.5, 0.6) is 5.75 Å². The number of aryl methyl sites for hydroxylation is 1. The third-order valence-corrected chi connectivity index (χ3v) is 5.56. The number of aromatic nitrogens is 5. The summed E-state index contributed by atoms with van der Waals surface area (Å²) in [6.45, 7) is 1.99. The monoisotopic (exact) mass is 506 g/mol. The number of anilines is 1. The van der Waals surface area contributed by atoms with Crippen LogP contribution in [-0.4, -0.2) is 48.9 Å². The Bertz CT molecular complexity index is 1420. The zero-order valence-electron chi connectivity index (χ0n) is 20.1. The largest absolute Gasteiger partial charge is 0.490 e. The highest BCUT2D eigenvalue weighted by Crippen LogP contribution is 2.32. The fourth-order valence-corrected chi connectivity index (χ4v) is 3.66. The first kappa shape index (κ1) is 25.5. The van der Waals surface area contributed by atoms with Crippen molar-refractivity contribution in [3.63, 3.8) is 0 Å². The van der Waals surface area contributed by atoms with Gasteiger partial charge < -0.3 is 20.9 Å². The first-order valence-electron chi connectivity index (χ1n) is 11.6. The lowest BCUT2D eigenvalue weighted by molar-refractivity contribution is 0.228. The Labute approximate surface area is 211 Å². The molecule has 0 bridgehead atoms. The number of nitrogens with zero attached hydrogens (tertiary/aromatic N) is 4. The van der Waals surface area contributed by atoms with Crippen LogP contribution in [0.2, 0.25) is 0 Å². The van der Waals surface area contributed by atoms with Gasteiger partial charge in [-0.15, -0.1) is 9.78 Å². The van der Waals surface area contributed by atoms with E-state index >= 15 is 4.39 Å². The molecule has 2 aromatic heterocycles. The van der Waals surface area contributed by atoms with Crippen LogP contribution in [-0.2, 0) is 6.42 Å². The Morgan fingerprint density at radius 3 is 2.65 bits per heavy atom. The van der Waals surface area contributed by atoms with Crippen LogP contribution in [0.1, 0.15) is 41.9 Å². The minimum absolute atomic E-state index is 0.0368. The average molecular weight is 507 g/mol. The van der Waals surface area contributed by atoms with Gasteiger partial charge in [-0.25, -0.2) is 19.2 Å². The van der Waals surface area contributed by atoms with Crippen LogP contribution in [0.4, 0.5) is 10.1 Å². The molecule has 0 aliphatic carbocycles. The Kier molecular flexibility index (Phi) is 7.89. The fraction of sp³-hybridized carbons (Fsp3) is 0.240. The van der Waals surface area contributed by atoms with E-state index < -0.39 is 17.5 Å². The minimum atomic E-state index is -0.937. The molecule has 12 heteroatoms. The van der Waals surface area contributed by atoms with E-state index in [1.54, 1.807) is 42.5 Å². The van der Waals surface area contributed by atoms with E-state index in [2.05, 4.69) is 25.4 Å². The van der Waals surface area contributed by atoms with E-state index in [-0.39, 0.29) is 42.1 Å². The van der Waals surface area contributed by atoms with Gasteiger partial charge in [-0.1, -0.05) is 13.0 Å². The molecule has 0 aliphatic heterocycles. The van der Waals surface area contributed by atoms with Gasteiger partial charge in [0.15, 0.2) is 17.4 Å². The number of hydrogen-bond donors (Lipinski definition) is 5. The Morgan fingerprint density at radius 1 is 1.27 bits per heavy atom. The van der Waals surface area contributed by atoms with Crippen LogP contribution in [0.15, 0.2) is 59.7 Å². The molecule has 0 saturated carbocycles. The summed E-state index contributed by atoms with van der Waals surface area (Å²) in [5.74, 6) is -0.480. The molecule has 4 aromatic rings. The van der Waals surface area contributed by atoms with Crippen molar-refractivity contribution < 1.29 is 14.2 Å². The molecule has 2 aromatic carbocycles. The number of aromatic amines is 1. The van der Waals surface area contributed by atoms with E-state index in [4.69, 9.17) is 21.0 Å². The second-order valence-electron chi connectivity index (χ2n) is 8.12. The molecule has 1 atom stereocenters. The summed E-state index contributed by atoms with van der Waals surface area (Å²) in [6, 6.07) is 10.7. The Balaban J connectivity index is 1.82. The highest BCUT2D eigenvalue weighted by molar-refractivity contribution is 5.95. The molecule has 11 nitrogen and oxygen atoms in total. The quantitative estimate of drug-likeness (QED) is 0.117. The molecule has 0 spiro atoms. The van der Waals surface area contributed by atoms with Crippen LogP contribution >= 0.6 is 0 Å². The SMILES string of the molecule is CCc1cc(OCCCO)c(F)c(C(Nc2ccc(C(=N)N)cc2)c2nn(-c3ncccn3)c(=O)[nH]2)c1. The Hall–Kier alpha value is -4.58. The molecule has 0 radical (unpaired) electrons. The van der Waals surface area contributed by atoms with E-state index in [1.165, 1.54) is 12.4 Å². The van der Waals surface area contributed by atoms with E-state index in [1.807, 2.05) is 6.92 Å². The summed E-state index contributed by atoms with van der Waals surface area (Å²) in [4.78, 5) is 23.6. The molecule has 1 unspecified atom stereocenters. The predicted molar refractivity (Wildman–Crippen MR) is 136 cm³/mol. The number of nitrogens with one attached hydrogen (secondary N) is 3. The zero-order valence-corrected chi connectivity index (χ0v) is 20.1. The number of aliphatic hydroxyl groups excluding tert-OH is 1. The van der Waals surface area contributed by atoms with Crippen molar-refractivity contribution in [1.29, 1.82) is 5.41 Å². The third kappa shape index (κ3) is 5.81. The number of nitrogens with two attached hydrogens (primary N) is 1. The van der Waals surface area contributed by atoms with Crippen molar-refractivity contribution in [1.82, 2.24) is 24.7 Å². The third-order valence-electron chi connectivity index (χ3n) is 5.56. The van der Waals surface area contributed by atoms with E-state index in [0.717, 1.165) is 10.2 Å². The number of nitrogen functional groups attached to an aromatic ring is 1. The number of hydrogen-bond acceptors (Lipinski definition) is 8. The number of amidine groups is 1. The van der Waals surface area contributed by atoms with Crippen molar-refractivity contribution in [3.05, 3.63) is 93.7 Å². The maximum absolute atomic E-state index is 15.8. The molecule has 37 heavy (non-hydrogen) atoms. The summed E-state index contributed by atoms with van der Waals surface area (Å²) in [6.07, 6.45) is 3.92. The maximum Gasteiger partial charge on any atom is 0.350 e. The zero-order chi connectivity index (χ0) is 26.4. The highest BCUT2D eigenvalue weighted by atomic mass is 19.1. The molecular formula is C25H27FN8O3. The summed E-state index contributed by atoms with van der Waals surface area (Å²) >= 11 is 0. The normalized spacial score (nSPS) is 11.8. The number of aliphatic hydroxyl groups is 1. The van der Waals surface area contributed by atoms with Gasteiger partial charge in [0.2, 0.25) is 0 Å². The first-order valence-corrected chi connectivity index (χ1v) is 11.6. The second kappa shape index (κ2) is 11.4. The summed E-state index contributed by atoms with van der Waals surface area (Å²) < 4.78 is 22.5. The fourth-order valence-electron chi connectivity index (χ4n) is 3.66. The lowest BCUT2D eigenvalue weighted by Crippen LogP contribution is -2.18. The molecule has 0 aliphatic rings. The second-order valence-corrected chi connectivity index (χ2v) is 8.12. The summed E-state index contributed by atoms with van der Waals surface area (Å²) in [5.41, 5.74) is 7.08. The van der Waals surface area contributed by atoms with Gasteiger partial charge in [0.05, 0.1) is 6.61 Å². The first-order chi connectivity index (χ1) is 17.9. The maximum atomic E-state index is 15.8. The van der Waals surface area contributed by atoms with Gasteiger partial charge in [0.1, 0.15) is 11.9 Å². The predicted octanol–water partition coefficient (Wildman–Crippen LogP) is 2.30. The molecule has 0 fully saturated rings. The Morgan fingerprint density at radius 2 is 2.00 bits per heavy atom. The summed E-state index contributed by atoms with van der Waals surface area (Å²) in [7, 11) is 0.